The highest BCUT2D eigenvalue weighted by atomic mass is 35.5. The molecule has 3 aromatic rings. The fourth-order valence-electron chi connectivity index (χ4n) is 2.92. The predicted molar refractivity (Wildman–Crippen MR) is 124 cm³/mol. The van der Waals surface area contributed by atoms with Crippen molar-refractivity contribution in [3.05, 3.63) is 65.2 Å². The first-order valence-electron chi connectivity index (χ1n) is 9.69. The maximum Gasteiger partial charge on any atom is 0.249 e. The lowest BCUT2D eigenvalue weighted by atomic mass is 10.1. The summed E-state index contributed by atoms with van der Waals surface area (Å²) < 4.78 is 19.2. The molecule has 2 N–H and O–H groups in total. The van der Waals surface area contributed by atoms with Gasteiger partial charge in [0.15, 0.2) is 0 Å². The number of nitriles is 1. The Bertz CT molecular complexity index is 1240. The van der Waals surface area contributed by atoms with E-state index in [9.17, 15) is 14.4 Å². The normalized spacial score (nSPS) is 10.8. The van der Waals surface area contributed by atoms with Crippen LogP contribution >= 0.6 is 11.6 Å². The van der Waals surface area contributed by atoms with Crippen molar-refractivity contribution in [3.63, 3.8) is 0 Å². The first-order chi connectivity index (χ1) is 15.3. The van der Waals surface area contributed by atoms with Gasteiger partial charge < -0.3 is 20.3 Å². The van der Waals surface area contributed by atoms with E-state index in [0.29, 0.717) is 40.3 Å². The van der Waals surface area contributed by atoms with Crippen molar-refractivity contribution >= 4 is 45.5 Å². The van der Waals surface area contributed by atoms with Crippen LogP contribution in [0.15, 0.2) is 48.8 Å². The number of ether oxygens (including phenoxy) is 1. The number of benzene rings is 2. The summed E-state index contributed by atoms with van der Waals surface area (Å²) in [4.78, 5) is 18.4. The van der Waals surface area contributed by atoms with Gasteiger partial charge in [0.1, 0.15) is 17.6 Å². The van der Waals surface area contributed by atoms with E-state index in [1.165, 1.54) is 30.5 Å². The van der Waals surface area contributed by atoms with E-state index in [2.05, 4.69) is 21.7 Å². The van der Waals surface area contributed by atoms with Crippen LogP contribution in [0.5, 0.6) is 5.75 Å². The lowest BCUT2D eigenvalue weighted by Crippen LogP contribution is -2.12. The molecular weight excluding hydrogens is 433 g/mol. The molecule has 0 aliphatic heterocycles. The van der Waals surface area contributed by atoms with Gasteiger partial charge >= 0.3 is 0 Å². The van der Waals surface area contributed by atoms with Crippen LogP contribution in [0.3, 0.4) is 0 Å². The lowest BCUT2D eigenvalue weighted by molar-refractivity contribution is -0.112. The molecule has 0 saturated carbocycles. The highest BCUT2D eigenvalue weighted by Crippen LogP contribution is 2.36. The first kappa shape index (κ1) is 22.8. The molecular formula is C23H21ClFN5O2. The molecule has 1 aromatic heterocycles. The second-order valence-corrected chi connectivity index (χ2v) is 7.39. The summed E-state index contributed by atoms with van der Waals surface area (Å²) in [5, 5.41) is 16.0. The number of anilines is 3. The van der Waals surface area contributed by atoms with Gasteiger partial charge in [0, 0.05) is 49.7 Å². The molecule has 0 fully saturated rings. The molecule has 0 spiro atoms. The number of nitrogens with zero attached hydrogens (tertiary/aromatic N) is 3. The van der Waals surface area contributed by atoms with Crippen LogP contribution in [0.4, 0.5) is 21.5 Å². The Hall–Kier alpha value is -3.83. The Morgan fingerprint density at radius 3 is 2.78 bits per heavy atom. The van der Waals surface area contributed by atoms with Crippen molar-refractivity contribution in [3.8, 4) is 11.8 Å². The number of hydrogen-bond donors (Lipinski definition) is 2. The van der Waals surface area contributed by atoms with Crippen LogP contribution in [-0.2, 0) is 4.79 Å². The first-order valence-corrected chi connectivity index (χ1v) is 10.1. The molecule has 3 rings (SSSR count). The molecule has 164 valence electrons. The van der Waals surface area contributed by atoms with Crippen molar-refractivity contribution in [2.24, 2.45) is 0 Å². The molecule has 0 atom stereocenters. The van der Waals surface area contributed by atoms with Crippen LogP contribution in [0.2, 0.25) is 5.02 Å². The Labute approximate surface area is 190 Å². The van der Waals surface area contributed by atoms with Crippen molar-refractivity contribution in [2.45, 2.75) is 6.92 Å². The molecule has 9 heteroatoms. The second-order valence-electron chi connectivity index (χ2n) is 6.98. The molecule has 0 radical (unpaired) electrons. The van der Waals surface area contributed by atoms with Crippen molar-refractivity contribution in [1.29, 1.82) is 5.26 Å². The number of rotatable bonds is 7. The third-order valence-electron chi connectivity index (χ3n) is 4.36. The van der Waals surface area contributed by atoms with Gasteiger partial charge in [0.25, 0.3) is 0 Å². The van der Waals surface area contributed by atoms with Gasteiger partial charge in [-0.2, -0.15) is 5.26 Å². The van der Waals surface area contributed by atoms with Gasteiger partial charge in [-0.05, 0) is 31.2 Å². The number of fused-ring (bicyclic) bond motifs is 1. The largest absolute Gasteiger partial charge is 0.492 e. The lowest BCUT2D eigenvalue weighted by Gasteiger charge is -2.16. The highest BCUT2D eigenvalue weighted by molar-refractivity contribution is 6.31. The van der Waals surface area contributed by atoms with E-state index < -0.39 is 5.82 Å². The Morgan fingerprint density at radius 2 is 2.12 bits per heavy atom. The minimum atomic E-state index is -0.547. The molecule has 0 aliphatic rings. The van der Waals surface area contributed by atoms with E-state index in [1.807, 2.05) is 6.92 Å². The number of carbonyl (C=O) groups excluding carboxylic acids is 1. The minimum Gasteiger partial charge on any atom is -0.492 e. The molecule has 0 bridgehead atoms. The Morgan fingerprint density at radius 1 is 1.34 bits per heavy atom. The highest BCUT2D eigenvalue weighted by Gasteiger charge is 2.15. The second kappa shape index (κ2) is 9.98. The summed E-state index contributed by atoms with van der Waals surface area (Å²) in [5.74, 6) is -0.447. The summed E-state index contributed by atoms with van der Waals surface area (Å²) >= 11 is 5.90. The van der Waals surface area contributed by atoms with E-state index in [1.54, 1.807) is 37.3 Å². The van der Waals surface area contributed by atoms with E-state index in [4.69, 9.17) is 16.3 Å². The van der Waals surface area contributed by atoms with Crippen molar-refractivity contribution in [2.75, 3.05) is 31.3 Å². The summed E-state index contributed by atoms with van der Waals surface area (Å²) in [7, 11) is 3.61. The molecule has 0 saturated heterocycles. The van der Waals surface area contributed by atoms with Crippen LogP contribution in [0, 0.1) is 17.1 Å². The minimum absolute atomic E-state index is 0.0499. The summed E-state index contributed by atoms with van der Waals surface area (Å²) in [6.45, 7) is 2.22. The number of pyridine rings is 1. The van der Waals surface area contributed by atoms with Crippen LogP contribution in [0.25, 0.3) is 10.9 Å². The monoisotopic (exact) mass is 453 g/mol. The fourth-order valence-corrected chi connectivity index (χ4v) is 3.10. The summed E-state index contributed by atoms with van der Waals surface area (Å²) in [6, 6.07) is 9.64. The molecule has 7 nitrogen and oxygen atoms in total. The quantitative estimate of drug-likeness (QED) is 0.486. The summed E-state index contributed by atoms with van der Waals surface area (Å²) in [5.41, 5.74) is 2.18. The standard InChI is InChI=1S/C23H21ClFN5O2/c1-4-32-21-11-19-16(10-20(21)29-22(31)7-8-30(2)3)23(14(12-26)13-27-19)28-15-5-6-18(25)17(24)9-15/h5-11,13H,4H2,1-3H3,(H,27,28)(H,29,31)/b8-7+. The number of carbonyl (C=O) groups is 1. The Balaban J connectivity index is 2.12. The van der Waals surface area contributed by atoms with Crippen LogP contribution in [0.1, 0.15) is 12.5 Å². The van der Waals surface area contributed by atoms with Crippen LogP contribution < -0.4 is 15.4 Å². The zero-order valence-electron chi connectivity index (χ0n) is 17.7. The topological polar surface area (TPSA) is 90.3 Å². The molecule has 2 aromatic carbocycles. The molecule has 0 aliphatic carbocycles. The van der Waals surface area contributed by atoms with Gasteiger partial charge in [-0.25, -0.2) is 4.39 Å². The van der Waals surface area contributed by atoms with Crippen molar-refractivity contribution in [1.82, 2.24) is 9.88 Å². The third kappa shape index (κ3) is 5.25. The zero-order valence-corrected chi connectivity index (χ0v) is 18.5. The molecule has 0 unspecified atom stereocenters. The molecule has 1 heterocycles. The van der Waals surface area contributed by atoms with Gasteiger partial charge in [-0.3, -0.25) is 9.78 Å². The number of halogens is 2. The van der Waals surface area contributed by atoms with E-state index in [-0.39, 0.29) is 16.5 Å². The SMILES string of the molecule is CCOc1cc2ncc(C#N)c(Nc3ccc(F)c(Cl)c3)c2cc1NC(=O)/C=C/N(C)C. The average molecular weight is 454 g/mol. The number of nitrogens with one attached hydrogen (secondary N) is 2. The smallest absolute Gasteiger partial charge is 0.249 e. The van der Waals surface area contributed by atoms with E-state index in [0.717, 1.165) is 0 Å². The fraction of sp³-hybridized carbons (Fsp3) is 0.174. The molecule has 32 heavy (non-hydrogen) atoms. The number of hydrogen-bond acceptors (Lipinski definition) is 6. The summed E-state index contributed by atoms with van der Waals surface area (Å²) in [6.07, 6.45) is 4.45. The zero-order chi connectivity index (χ0) is 23.3. The maximum absolute atomic E-state index is 13.6. The molecule has 1 amide bonds. The van der Waals surface area contributed by atoms with Gasteiger partial charge in [0.05, 0.1) is 34.1 Å². The predicted octanol–water partition coefficient (Wildman–Crippen LogP) is 5.06. The number of aromatic nitrogens is 1. The third-order valence-corrected chi connectivity index (χ3v) is 4.65. The average Bonchev–Trinajstić information content (AvgIpc) is 2.76. The van der Waals surface area contributed by atoms with Gasteiger partial charge in [0.2, 0.25) is 5.91 Å². The van der Waals surface area contributed by atoms with Gasteiger partial charge in [-0.1, -0.05) is 11.6 Å². The van der Waals surface area contributed by atoms with E-state index >= 15 is 0 Å². The van der Waals surface area contributed by atoms with Crippen molar-refractivity contribution < 1.29 is 13.9 Å². The maximum atomic E-state index is 13.6. The van der Waals surface area contributed by atoms with Crippen LogP contribution in [-0.4, -0.2) is 36.5 Å². The van der Waals surface area contributed by atoms with Gasteiger partial charge in [-0.15, -0.1) is 0 Å². The number of amides is 1. The Kier molecular flexibility index (Phi) is 7.13.